The Morgan fingerprint density at radius 3 is 3.12 bits per heavy atom. The zero-order valence-electron chi connectivity index (χ0n) is 9.49. The molecule has 0 atom stereocenters. The summed E-state index contributed by atoms with van der Waals surface area (Å²) in [6, 6.07) is 2.05. The lowest BCUT2D eigenvalue weighted by Crippen LogP contribution is -2.34. The predicted octanol–water partition coefficient (Wildman–Crippen LogP) is 0.990. The third kappa shape index (κ3) is 5.85. The number of amides is 1. The smallest absolute Gasteiger partial charge is 0.233 e. The van der Waals surface area contributed by atoms with Gasteiger partial charge in [0.25, 0.3) is 0 Å². The van der Waals surface area contributed by atoms with Gasteiger partial charge in [-0.3, -0.25) is 4.79 Å². The van der Waals surface area contributed by atoms with Gasteiger partial charge in [-0.15, -0.1) is 0 Å². The number of hydrogen-bond donors (Lipinski definition) is 2. The molecule has 0 radical (unpaired) electrons. The van der Waals surface area contributed by atoms with Crippen LogP contribution in [0.5, 0.6) is 0 Å². The van der Waals surface area contributed by atoms with Crippen molar-refractivity contribution in [2.24, 2.45) is 0 Å². The summed E-state index contributed by atoms with van der Waals surface area (Å²) < 4.78 is 4.89. The second-order valence-corrected chi connectivity index (χ2v) is 4.21. The van der Waals surface area contributed by atoms with Crippen molar-refractivity contribution in [3.05, 3.63) is 22.4 Å². The summed E-state index contributed by atoms with van der Waals surface area (Å²) in [4.78, 5) is 11.3. The van der Waals surface area contributed by atoms with Crippen molar-refractivity contribution in [1.29, 1.82) is 0 Å². The first-order valence-electron chi connectivity index (χ1n) is 5.30. The largest absolute Gasteiger partial charge is 0.385 e. The number of carbonyl (C=O) groups is 1. The van der Waals surface area contributed by atoms with Crippen molar-refractivity contribution < 1.29 is 9.53 Å². The molecule has 0 aliphatic rings. The lowest BCUT2D eigenvalue weighted by Gasteiger charge is -2.05. The average molecular weight is 242 g/mol. The number of hydrogen-bond acceptors (Lipinski definition) is 4. The Balaban J connectivity index is 1.98. The summed E-state index contributed by atoms with van der Waals surface area (Å²) in [5, 5.41) is 10.0. The van der Waals surface area contributed by atoms with Crippen molar-refractivity contribution in [3.8, 4) is 0 Å². The van der Waals surface area contributed by atoms with Crippen LogP contribution >= 0.6 is 11.3 Å². The summed E-state index contributed by atoms with van der Waals surface area (Å²) in [6.45, 7) is 2.47. The van der Waals surface area contributed by atoms with Gasteiger partial charge in [-0.2, -0.15) is 11.3 Å². The molecule has 0 saturated carbocycles. The number of thiophene rings is 1. The van der Waals surface area contributed by atoms with Crippen LogP contribution in [0.4, 0.5) is 0 Å². The van der Waals surface area contributed by atoms with Crippen LogP contribution in [0.25, 0.3) is 0 Å². The fraction of sp³-hybridized carbons (Fsp3) is 0.545. The normalized spacial score (nSPS) is 10.3. The van der Waals surface area contributed by atoms with E-state index in [1.54, 1.807) is 18.4 Å². The van der Waals surface area contributed by atoms with Gasteiger partial charge in [0.05, 0.1) is 6.54 Å². The van der Waals surface area contributed by atoms with E-state index in [0.717, 1.165) is 13.0 Å². The third-order valence-corrected chi connectivity index (χ3v) is 2.77. The first-order valence-corrected chi connectivity index (χ1v) is 6.24. The van der Waals surface area contributed by atoms with E-state index in [2.05, 4.69) is 16.0 Å². The Labute approximate surface area is 100 Å². The monoisotopic (exact) mass is 242 g/mol. The average Bonchev–Trinajstić information content (AvgIpc) is 2.77. The number of nitrogens with one attached hydrogen (secondary N) is 2. The van der Waals surface area contributed by atoms with Crippen LogP contribution in [-0.4, -0.2) is 32.7 Å². The fourth-order valence-electron chi connectivity index (χ4n) is 1.22. The molecule has 0 saturated heterocycles. The summed E-state index contributed by atoms with van der Waals surface area (Å²) in [5.41, 5.74) is 1.22. The van der Waals surface area contributed by atoms with Gasteiger partial charge in [0.15, 0.2) is 0 Å². The third-order valence-electron chi connectivity index (χ3n) is 2.04. The quantitative estimate of drug-likeness (QED) is 0.668. The molecule has 1 heterocycles. The van der Waals surface area contributed by atoms with Gasteiger partial charge in [-0.25, -0.2) is 0 Å². The van der Waals surface area contributed by atoms with Crippen LogP contribution in [0.2, 0.25) is 0 Å². The molecular weight excluding hydrogens is 224 g/mol. The van der Waals surface area contributed by atoms with Crippen molar-refractivity contribution in [2.45, 2.75) is 13.0 Å². The highest BCUT2D eigenvalue weighted by molar-refractivity contribution is 7.07. The van der Waals surface area contributed by atoms with Crippen molar-refractivity contribution in [3.63, 3.8) is 0 Å². The highest BCUT2D eigenvalue weighted by Crippen LogP contribution is 2.04. The van der Waals surface area contributed by atoms with Crippen LogP contribution in [0.3, 0.4) is 0 Å². The van der Waals surface area contributed by atoms with Crippen molar-refractivity contribution >= 4 is 17.2 Å². The molecule has 0 fully saturated rings. The molecule has 90 valence electrons. The summed E-state index contributed by atoms with van der Waals surface area (Å²) >= 11 is 1.66. The van der Waals surface area contributed by atoms with Crippen LogP contribution in [-0.2, 0) is 16.1 Å². The molecule has 2 N–H and O–H groups in total. The molecule has 1 aromatic rings. The summed E-state index contributed by atoms with van der Waals surface area (Å²) in [6.07, 6.45) is 0.854. The molecule has 1 amide bonds. The Kier molecular flexibility index (Phi) is 6.80. The zero-order chi connectivity index (χ0) is 11.6. The molecule has 0 aliphatic carbocycles. The molecule has 16 heavy (non-hydrogen) atoms. The molecule has 5 heteroatoms. The van der Waals surface area contributed by atoms with E-state index >= 15 is 0 Å². The lowest BCUT2D eigenvalue weighted by atomic mass is 10.3. The molecule has 1 aromatic heterocycles. The maximum absolute atomic E-state index is 11.3. The highest BCUT2D eigenvalue weighted by Gasteiger charge is 1.99. The molecule has 0 bridgehead atoms. The van der Waals surface area contributed by atoms with Gasteiger partial charge >= 0.3 is 0 Å². The molecular formula is C11H18N2O2S. The maximum Gasteiger partial charge on any atom is 0.233 e. The Hall–Kier alpha value is -0.910. The first-order chi connectivity index (χ1) is 7.83. The van der Waals surface area contributed by atoms with E-state index in [1.807, 2.05) is 11.4 Å². The molecule has 0 aromatic carbocycles. The van der Waals surface area contributed by atoms with Crippen molar-refractivity contribution in [2.75, 3.05) is 26.8 Å². The Morgan fingerprint density at radius 2 is 2.44 bits per heavy atom. The topological polar surface area (TPSA) is 50.4 Å². The standard InChI is InChI=1S/C11H18N2O2S/c1-15-5-2-4-13-11(14)8-12-7-10-3-6-16-9-10/h3,6,9,12H,2,4-5,7-8H2,1H3,(H,13,14). The van der Waals surface area contributed by atoms with Crippen LogP contribution in [0, 0.1) is 0 Å². The molecule has 0 spiro atoms. The second kappa shape index (κ2) is 8.27. The minimum absolute atomic E-state index is 0.0336. The second-order valence-electron chi connectivity index (χ2n) is 3.43. The maximum atomic E-state index is 11.3. The number of carbonyl (C=O) groups excluding carboxylic acids is 1. The minimum atomic E-state index is 0.0336. The summed E-state index contributed by atoms with van der Waals surface area (Å²) in [7, 11) is 1.66. The van der Waals surface area contributed by atoms with E-state index in [1.165, 1.54) is 5.56 Å². The SMILES string of the molecule is COCCCNC(=O)CNCc1ccsc1. The van der Waals surface area contributed by atoms with Gasteiger partial charge in [-0.1, -0.05) is 0 Å². The van der Waals surface area contributed by atoms with E-state index in [-0.39, 0.29) is 5.91 Å². The van der Waals surface area contributed by atoms with E-state index in [9.17, 15) is 4.79 Å². The highest BCUT2D eigenvalue weighted by atomic mass is 32.1. The summed E-state index contributed by atoms with van der Waals surface area (Å²) in [5.74, 6) is 0.0336. The number of rotatable bonds is 8. The molecule has 1 rings (SSSR count). The lowest BCUT2D eigenvalue weighted by molar-refractivity contribution is -0.120. The van der Waals surface area contributed by atoms with Gasteiger partial charge in [-0.05, 0) is 28.8 Å². The number of ether oxygens (including phenoxy) is 1. The molecule has 0 aliphatic heterocycles. The van der Waals surface area contributed by atoms with E-state index in [4.69, 9.17) is 4.74 Å². The van der Waals surface area contributed by atoms with Gasteiger partial charge < -0.3 is 15.4 Å². The molecule has 4 nitrogen and oxygen atoms in total. The fourth-order valence-corrected chi connectivity index (χ4v) is 1.89. The van der Waals surface area contributed by atoms with Gasteiger partial charge in [0.2, 0.25) is 5.91 Å². The van der Waals surface area contributed by atoms with Crippen LogP contribution in [0.1, 0.15) is 12.0 Å². The van der Waals surface area contributed by atoms with E-state index in [0.29, 0.717) is 19.7 Å². The van der Waals surface area contributed by atoms with Crippen molar-refractivity contribution in [1.82, 2.24) is 10.6 Å². The molecule has 0 unspecified atom stereocenters. The first kappa shape index (κ1) is 13.2. The van der Waals surface area contributed by atoms with Crippen LogP contribution in [0.15, 0.2) is 16.8 Å². The predicted molar refractivity (Wildman–Crippen MR) is 65.5 cm³/mol. The number of methoxy groups -OCH3 is 1. The van der Waals surface area contributed by atoms with E-state index < -0.39 is 0 Å². The van der Waals surface area contributed by atoms with Crippen LogP contribution < -0.4 is 10.6 Å². The van der Waals surface area contributed by atoms with Gasteiger partial charge in [0, 0.05) is 26.8 Å². The Bertz CT molecular complexity index is 288. The zero-order valence-corrected chi connectivity index (χ0v) is 10.3. The van der Waals surface area contributed by atoms with Gasteiger partial charge in [0.1, 0.15) is 0 Å². The Morgan fingerprint density at radius 1 is 1.56 bits per heavy atom. The minimum Gasteiger partial charge on any atom is -0.385 e.